The molecule has 5 unspecified atom stereocenters. The topological polar surface area (TPSA) is 424 Å². The van der Waals surface area contributed by atoms with E-state index in [1.165, 1.54) is 0 Å². The van der Waals surface area contributed by atoms with Gasteiger partial charge in [-0.3, -0.25) is 18.9 Å². The lowest BCUT2D eigenvalue weighted by Gasteiger charge is -2.50. The molecule has 336 valence electrons. The largest absolute Gasteiger partial charge is 0.397 e. The molecule has 0 aliphatic carbocycles. The Morgan fingerprint density at radius 1 is 0.569 bits per heavy atom. The molecule has 4 rings (SSSR count). The molecule has 0 aromatic rings. The molecule has 0 aromatic heterocycles. The molecule has 0 spiro atoms. The highest BCUT2D eigenvalue weighted by atomic mass is 32.3. The summed E-state index contributed by atoms with van der Waals surface area (Å²) < 4.78 is 76.4. The van der Waals surface area contributed by atoms with Crippen LogP contribution in [-0.4, -0.2) is 226 Å². The molecule has 4 saturated heterocycles. The van der Waals surface area contributed by atoms with Crippen LogP contribution in [0.4, 0.5) is 0 Å². The van der Waals surface area contributed by atoms with Gasteiger partial charge in [0.15, 0.2) is 25.2 Å². The molecule has 4 aliphatic heterocycles. The number of aliphatic hydroxyl groups is 9. The van der Waals surface area contributed by atoms with Crippen LogP contribution >= 0.6 is 0 Å². The first-order valence-electron chi connectivity index (χ1n) is 17.8. The van der Waals surface area contributed by atoms with Gasteiger partial charge >= 0.3 is 10.4 Å². The van der Waals surface area contributed by atoms with Crippen LogP contribution in [-0.2, 0) is 62.1 Å². The molecule has 20 atom stereocenters. The SMILES string of the molecule is CC(=O)N[C@H]1C(O)O[C@H](COS(=O)(=O)O)[C@@H](O[C@@H]2O[C@H](CO)[C@@H](O[C@@H]3O[C@H](CO)[C@@H](O[C@@H]4O[C@H](CO)[C@@H](O)C(O)[C@@H]4N)C(O)[C@H]3NC(C)=O)C(O)[C@@H]2NC(C)=O)C1O. The zero-order valence-corrected chi connectivity index (χ0v) is 32.0. The van der Waals surface area contributed by atoms with E-state index >= 15 is 0 Å². The summed E-state index contributed by atoms with van der Waals surface area (Å²) in [6, 6.07) is -6.41. The third-order valence-corrected chi connectivity index (χ3v) is 10.1. The molecule has 28 heteroatoms. The Kier molecular flexibility index (Phi) is 17.0. The van der Waals surface area contributed by atoms with Crippen molar-refractivity contribution in [3.8, 4) is 0 Å². The molecule has 27 nitrogen and oxygen atoms in total. The second-order valence-electron chi connectivity index (χ2n) is 14.0. The maximum atomic E-state index is 12.4. The molecule has 4 aliphatic rings. The van der Waals surface area contributed by atoms with Gasteiger partial charge in [-0.2, -0.15) is 8.42 Å². The monoisotopic (exact) mass is 868 g/mol. The normalized spacial score (nSPS) is 43.6. The third kappa shape index (κ3) is 11.5. The first-order chi connectivity index (χ1) is 27.1. The van der Waals surface area contributed by atoms with Gasteiger partial charge < -0.3 is 101 Å². The Hall–Kier alpha value is -2.40. The number of amides is 3. The first kappa shape index (κ1) is 48.3. The number of nitrogens with one attached hydrogen (secondary N) is 3. The number of hydrogen-bond acceptors (Lipinski definition) is 23. The third-order valence-electron chi connectivity index (χ3n) is 9.69. The van der Waals surface area contributed by atoms with Crippen LogP contribution in [0.2, 0.25) is 0 Å². The molecule has 0 radical (unpaired) electrons. The predicted molar refractivity (Wildman–Crippen MR) is 181 cm³/mol. The van der Waals surface area contributed by atoms with E-state index in [1.54, 1.807) is 0 Å². The van der Waals surface area contributed by atoms with E-state index < -0.39 is 177 Å². The van der Waals surface area contributed by atoms with Crippen LogP contribution in [0.5, 0.6) is 0 Å². The lowest BCUT2D eigenvalue weighted by atomic mass is 9.93. The average Bonchev–Trinajstić information content (AvgIpc) is 3.14. The fourth-order valence-corrected chi connectivity index (χ4v) is 7.26. The van der Waals surface area contributed by atoms with Crippen molar-refractivity contribution in [1.29, 1.82) is 0 Å². The average molecular weight is 869 g/mol. The summed E-state index contributed by atoms with van der Waals surface area (Å²) in [6.07, 6.45) is -28.0. The summed E-state index contributed by atoms with van der Waals surface area (Å²) in [5.74, 6) is -2.34. The number of ether oxygens (including phenoxy) is 7. The van der Waals surface area contributed by atoms with Crippen molar-refractivity contribution in [2.24, 2.45) is 5.73 Å². The number of nitrogens with two attached hydrogens (primary N) is 1. The van der Waals surface area contributed by atoms with Gasteiger partial charge in [-0.15, -0.1) is 0 Å². The summed E-state index contributed by atoms with van der Waals surface area (Å²) in [5.41, 5.74) is 5.97. The van der Waals surface area contributed by atoms with Crippen LogP contribution in [0.15, 0.2) is 0 Å². The minimum Gasteiger partial charge on any atom is -0.394 e. The van der Waals surface area contributed by atoms with E-state index in [2.05, 4.69) is 20.1 Å². The van der Waals surface area contributed by atoms with E-state index in [0.29, 0.717) is 0 Å². The number of carbonyl (C=O) groups excluding carboxylic acids is 3. The lowest BCUT2D eigenvalue weighted by molar-refractivity contribution is -0.361. The first-order valence-corrected chi connectivity index (χ1v) is 19.2. The maximum absolute atomic E-state index is 12.4. The van der Waals surface area contributed by atoms with Gasteiger partial charge in [0.05, 0.1) is 32.5 Å². The van der Waals surface area contributed by atoms with Crippen LogP contribution in [0.3, 0.4) is 0 Å². The van der Waals surface area contributed by atoms with Crippen molar-refractivity contribution in [3.63, 3.8) is 0 Å². The quantitative estimate of drug-likeness (QED) is 0.0680. The van der Waals surface area contributed by atoms with Gasteiger partial charge in [0, 0.05) is 20.8 Å². The van der Waals surface area contributed by atoms with Crippen LogP contribution < -0.4 is 21.7 Å². The molecule has 3 amide bonds. The Bertz CT molecular complexity index is 1500. The number of aliphatic hydroxyl groups excluding tert-OH is 9. The van der Waals surface area contributed by atoms with Crippen molar-refractivity contribution in [1.82, 2.24) is 16.0 Å². The van der Waals surface area contributed by atoms with Gasteiger partial charge in [0.25, 0.3) is 0 Å². The Morgan fingerprint density at radius 3 is 1.36 bits per heavy atom. The second kappa shape index (κ2) is 20.4. The Morgan fingerprint density at radius 2 is 0.948 bits per heavy atom. The van der Waals surface area contributed by atoms with Crippen molar-refractivity contribution in [3.05, 3.63) is 0 Å². The van der Waals surface area contributed by atoms with Crippen LogP contribution in [0, 0.1) is 0 Å². The van der Waals surface area contributed by atoms with Crippen LogP contribution in [0.25, 0.3) is 0 Å². The highest BCUT2D eigenvalue weighted by molar-refractivity contribution is 7.80. The zero-order valence-electron chi connectivity index (χ0n) is 31.1. The molecule has 0 aromatic carbocycles. The molecular formula is C30H52N4O23S. The van der Waals surface area contributed by atoms with E-state index in [9.17, 15) is 68.8 Å². The van der Waals surface area contributed by atoms with E-state index in [1.807, 2.05) is 0 Å². The minimum absolute atomic E-state index is 0.757. The fourth-order valence-electron chi connectivity index (χ4n) is 6.95. The summed E-state index contributed by atoms with van der Waals surface area (Å²) in [7, 11) is -5.13. The summed E-state index contributed by atoms with van der Waals surface area (Å²) in [4.78, 5) is 36.6. The number of carbonyl (C=O) groups is 3. The smallest absolute Gasteiger partial charge is 0.394 e. The maximum Gasteiger partial charge on any atom is 0.397 e. The summed E-state index contributed by atoms with van der Waals surface area (Å²) in [5, 5.41) is 103. The lowest BCUT2D eigenvalue weighted by Crippen LogP contribution is -2.71. The number of rotatable bonds is 15. The predicted octanol–water partition coefficient (Wildman–Crippen LogP) is -9.52. The molecule has 4 heterocycles. The van der Waals surface area contributed by atoms with Crippen molar-refractivity contribution in [2.75, 3.05) is 26.4 Å². The Labute approximate surface area is 330 Å². The molecule has 0 saturated carbocycles. The molecule has 15 N–H and O–H groups in total. The van der Waals surface area contributed by atoms with E-state index in [0.717, 1.165) is 20.8 Å². The van der Waals surface area contributed by atoms with Gasteiger partial charge in [-0.05, 0) is 0 Å². The molecule has 4 fully saturated rings. The van der Waals surface area contributed by atoms with E-state index in [4.69, 9.17) is 43.4 Å². The minimum atomic E-state index is -5.13. The van der Waals surface area contributed by atoms with Crippen LogP contribution in [0.1, 0.15) is 20.8 Å². The highest BCUT2D eigenvalue weighted by Gasteiger charge is 2.56. The van der Waals surface area contributed by atoms with Crippen molar-refractivity contribution in [2.45, 2.75) is 143 Å². The van der Waals surface area contributed by atoms with Gasteiger partial charge in [-0.1, -0.05) is 0 Å². The van der Waals surface area contributed by atoms with Crippen molar-refractivity contribution < 1.29 is 111 Å². The second-order valence-corrected chi connectivity index (χ2v) is 15.1. The van der Waals surface area contributed by atoms with Crippen molar-refractivity contribution >= 4 is 28.1 Å². The van der Waals surface area contributed by atoms with Gasteiger partial charge in [0.1, 0.15) is 91.4 Å². The van der Waals surface area contributed by atoms with E-state index in [-0.39, 0.29) is 0 Å². The molecular weight excluding hydrogens is 816 g/mol. The summed E-state index contributed by atoms with van der Waals surface area (Å²) in [6.45, 7) is -0.659. The van der Waals surface area contributed by atoms with Gasteiger partial charge in [0.2, 0.25) is 17.7 Å². The summed E-state index contributed by atoms with van der Waals surface area (Å²) >= 11 is 0. The fraction of sp³-hybridized carbons (Fsp3) is 0.900. The Balaban J connectivity index is 1.62. The highest BCUT2D eigenvalue weighted by Crippen LogP contribution is 2.34. The molecule has 58 heavy (non-hydrogen) atoms. The van der Waals surface area contributed by atoms with Gasteiger partial charge in [-0.25, -0.2) is 4.18 Å². The number of hydrogen-bond donors (Lipinski definition) is 14. The zero-order chi connectivity index (χ0) is 43.4. The standard InChI is InChI=1S/C30H52N4O23S/c1-8(38)32-16-21(43)26(14(51-27(16)46)7-50-58(47,48)49)57-30-18(34-10(3)40)23(45)25(13(6-37)54-30)56-29-17(33-9(2)39)22(44)24(12(5-36)53-29)55-28-15(31)20(42)19(41)11(4-35)52-28/h11-30,35-37,41-46H,4-7,31H2,1-3H3,(H,32,38)(H,33,39)(H,34,40)(H,47,48,49)/t11-,12-,13-,14-,15+,16-,17-,18+,19-,20?,21?,22?,23?,24-,25-,26-,27?,28+,29+,30+/m1/s1. The molecule has 0 bridgehead atoms.